The number of alkyl halides is 6. The van der Waals surface area contributed by atoms with Crippen LogP contribution in [0.3, 0.4) is 0 Å². The number of methoxy groups -OCH3 is 1. The summed E-state index contributed by atoms with van der Waals surface area (Å²) in [7, 11) is 1.35. The molecule has 0 atom stereocenters. The number of rotatable bonds is 6. The van der Waals surface area contributed by atoms with Crippen LogP contribution in [0, 0.1) is 0 Å². The zero-order valence-corrected chi connectivity index (χ0v) is 24.2. The van der Waals surface area contributed by atoms with Gasteiger partial charge in [0.1, 0.15) is 6.61 Å². The van der Waals surface area contributed by atoms with Gasteiger partial charge in [-0.3, -0.25) is 4.79 Å². The van der Waals surface area contributed by atoms with Crippen molar-refractivity contribution in [2.75, 3.05) is 33.3 Å². The number of hydrogen-bond donors (Lipinski definition) is 0. The lowest BCUT2D eigenvalue weighted by molar-refractivity contribution is -0.143. The van der Waals surface area contributed by atoms with Crippen molar-refractivity contribution in [1.29, 1.82) is 0 Å². The summed E-state index contributed by atoms with van der Waals surface area (Å²) in [5, 5.41) is 0.678. The minimum absolute atomic E-state index is 0.0781. The van der Waals surface area contributed by atoms with Crippen molar-refractivity contribution >= 4 is 28.9 Å². The largest absolute Gasteiger partial charge is 0.493 e. The summed E-state index contributed by atoms with van der Waals surface area (Å²) >= 11 is 1.30. The van der Waals surface area contributed by atoms with Gasteiger partial charge in [-0.15, -0.1) is 0 Å². The van der Waals surface area contributed by atoms with Crippen LogP contribution in [-0.2, 0) is 23.8 Å². The molecule has 0 bridgehead atoms. The third-order valence-corrected chi connectivity index (χ3v) is 8.91. The van der Waals surface area contributed by atoms with Crippen LogP contribution in [-0.4, -0.2) is 60.2 Å². The van der Waals surface area contributed by atoms with E-state index >= 15 is 0 Å². The maximum atomic E-state index is 13.5. The van der Waals surface area contributed by atoms with Crippen LogP contribution in [0.2, 0.25) is 0 Å². The van der Waals surface area contributed by atoms with E-state index in [0.29, 0.717) is 27.7 Å². The number of ether oxygens (including phenoxy) is 2. The monoisotopic (exact) mass is 627 g/mol. The van der Waals surface area contributed by atoms with Crippen molar-refractivity contribution in [1.82, 2.24) is 9.80 Å². The number of likely N-dealkylation sites (tertiary alicyclic amines) is 2. The lowest BCUT2D eigenvalue weighted by Crippen LogP contribution is -2.47. The fraction of sp³-hybridized carbons (Fsp3) is 0.467. The van der Waals surface area contributed by atoms with E-state index in [4.69, 9.17) is 9.47 Å². The molecule has 3 aliphatic rings. The van der Waals surface area contributed by atoms with E-state index in [0.717, 1.165) is 45.1 Å². The van der Waals surface area contributed by atoms with Gasteiger partial charge in [0.2, 0.25) is 0 Å². The number of benzene rings is 2. The SMILES string of the molecule is COc1cc(/C=C2/SC(N3CCC(N4CCCCC4)CC3)=NC2=O)ccc1OCc1ccc(C(F)(F)F)cc1C(F)(F)F. The predicted molar refractivity (Wildman–Crippen MR) is 152 cm³/mol. The molecule has 0 aromatic heterocycles. The summed E-state index contributed by atoms with van der Waals surface area (Å²) in [6, 6.07) is 6.64. The number of piperidine rings is 2. The lowest BCUT2D eigenvalue weighted by Gasteiger charge is -2.40. The molecule has 232 valence electrons. The lowest BCUT2D eigenvalue weighted by atomic mass is 10.0. The highest BCUT2D eigenvalue weighted by atomic mass is 32.2. The van der Waals surface area contributed by atoms with Gasteiger partial charge < -0.3 is 19.3 Å². The van der Waals surface area contributed by atoms with Gasteiger partial charge in [0.25, 0.3) is 5.91 Å². The van der Waals surface area contributed by atoms with E-state index in [1.54, 1.807) is 18.2 Å². The summed E-state index contributed by atoms with van der Waals surface area (Å²) in [5.41, 5.74) is -2.69. The predicted octanol–water partition coefficient (Wildman–Crippen LogP) is 7.23. The molecule has 6 nitrogen and oxygen atoms in total. The van der Waals surface area contributed by atoms with E-state index < -0.39 is 35.6 Å². The highest BCUT2D eigenvalue weighted by Crippen LogP contribution is 2.39. The van der Waals surface area contributed by atoms with Crippen LogP contribution < -0.4 is 9.47 Å². The molecule has 43 heavy (non-hydrogen) atoms. The third kappa shape index (κ3) is 7.49. The first-order valence-electron chi connectivity index (χ1n) is 14.0. The van der Waals surface area contributed by atoms with Crippen molar-refractivity contribution in [3.05, 3.63) is 63.6 Å². The van der Waals surface area contributed by atoms with Crippen LogP contribution in [0.4, 0.5) is 26.3 Å². The highest BCUT2D eigenvalue weighted by Gasteiger charge is 2.38. The third-order valence-electron chi connectivity index (χ3n) is 7.86. The van der Waals surface area contributed by atoms with Crippen LogP contribution in [0.5, 0.6) is 11.5 Å². The Morgan fingerprint density at radius 1 is 0.930 bits per heavy atom. The fourth-order valence-corrected chi connectivity index (χ4v) is 6.55. The van der Waals surface area contributed by atoms with Crippen molar-refractivity contribution in [3.8, 4) is 11.5 Å². The first-order valence-corrected chi connectivity index (χ1v) is 14.8. The fourth-order valence-electron chi connectivity index (χ4n) is 5.58. The van der Waals surface area contributed by atoms with E-state index in [9.17, 15) is 31.1 Å². The molecule has 2 aromatic carbocycles. The molecular weight excluding hydrogens is 596 g/mol. The first kappa shape index (κ1) is 31.2. The van der Waals surface area contributed by atoms with Gasteiger partial charge >= 0.3 is 12.4 Å². The normalized spacial score (nSPS) is 20.1. The average Bonchev–Trinajstić information content (AvgIpc) is 3.35. The van der Waals surface area contributed by atoms with Crippen LogP contribution in [0.1, 0.15) is 54.4 Å². The van der Waals surface area contributed by atoms with Gasteiger partial charge in [0, 0.05) is 24.7 Å². The second kappa shape index (κ2) is 12.8. The Labute approximate surface area is 249 Å². The Bertz CT molecular complexity index is 1390. The van der Waals surface area contributed by atoms with E-state index in [1.807, 2.05) is 0 Å². The van der Waals surface area contributed by atoms with E-state index in [-0.39, 0.29) is 23.5 Å². The molecule has 13 heteroatoms. The Hall–Kier alpha value is -3.19. The second-order valence-corrected chi connectivity index (χ2v) is 11.7. The second-order valence-electron chi connectivity index (χ2n) is 10.7. The Morgan fingerprint density at radius 2 is 1.65 bits per heavy atom. The molecule has 3 heterocycles. The van der Waals surface area contributed by atoms with Gasteiger partial charge in [-0.1, -0.05) is 18.6 Å². The summed E-state index contributed by atoms with van der Waals surface area (Å²) < 4.78 is 90.4. The molecule has 1 amide bonds. The van der Waals surface area contributed by atoms with Crippen LogP contribution >= 0.6 is 11.8 Å². The molecule has 0 radical (unpaired) electrons. The standard InChI is InChI=1S/C30H31F6N3O3S/c1-41-25-15-19(5-8-24(25)42-18-20-6-7-21(29(31,32)33)17-23(20)30(34,35)36)16-26-27(40)37-28(43-26)39-13-9-22(10-14-39)38-11-3-2-4-12-38/h5-8,15-17,22H,2-4,9-14,18H2,1H3/b26-16+. The molecule has 0 N–H and O–H groups in total. The number of amidine groups is 1. The zero-order valence-electron chi connectivity index (χ0n) is 23.4. The Kier molecular flexibility index (Phi) is 9.31. The number of aliphatic imine (C=N–C) groups is 1. The molecule has 0 saturated carbocycles. The molecule has 2 saturated heterocycles. The van der Waals surface area contributed by atoms with Crippen LogP contribution in [0.15, 0.2) is 46.3 Å². The van der Waals surface area contributed by atoms with Crippen molar-refractivity contribution < 1.29 is 40.6 Å². The molecule has 0 aliphatic carbocycles. The summed E-state index contributed by atoms with van der Waals surface area (Å²) in [4.78, 5) is 22.1. The summed E-state index contributed by atoms with van der Waals surface area (Å²) in [5.74, 6) is -0.0674. The van der Waals surface area contributed by atoms with Gasteiger partial charge in [-0.05, 0) is 86.4 Å². The molecule has 0 unspecified atom stereocenters. The summed E-state index contributed by atoms with van der Waals surface area (Å²) in [6.45, 7) is 3.35. The van der Waals surface area contributed by atoms with E-state index in [1.165, 1.54) is 44.2 Å². The van der Waals surface area contributed by atoms with Crippen molar-refractivity contribution in [2.45, 2.75) is 57.1 Å². The van der Waals surface area contributed by atoms with Crippen molar-refractivity contribution in [2.24, 2.45) is 4.99 Å². The summed E-state index contributed by atoms with van der Waals surface area (Å²) in [6.07, 6.45) is -2.40. The maximum Gasteiger partial charge on any atom is 0.416 e. The molecule has 0 spiro atoms. The molecule has 2 aromatic rings. The quantitative estimate of drug-likeness (QED) is 0.249. The molecule has 2 fully saturated rings. The average molecular weight is 628 g/mol. The minimum Gasteiger partial charge on any atom is -0.493 e. The number of thioether (sulfide) groups is 1. The maximum absolute atomic E-state index is 13.5. The smallest absolute Gasteiger partial charge is 0.416 e. The molecular formula is C30H31F6N3O3S. The number of nitrogens with zero attached hydrogens (tertiary/aromatic N) is 3. The van der Waals surface area contributed by atoms with Gasteiger partial charge in [-0.2, -0.15) is 31.3 Å². The molecule has 5 rings (SSSR count). The number of carbonyl (C=O) groups excluding carboxylic acids is 1. The Morgan fingerprint density at radius 3 is 2.30 bits per heavy atom. The topological polar surface area (TPSA) is 54.4 Å². The zero-order chi connectivity index (χ0) is 30.8. The van der Waals surface area contributed by atoms with Crippen molar-refractivity contribution in [3.63, 3.8) is 0 Å². The van der Waals surface area contributed by atoms with Gasteiger partial charge in [-0.25, -0.2) is 0 Å². The number of carbonyl (C=O) groups is 1. The number of halogens is 6. The van der Waals surface area contributed by atoms with Gasteiger partial charge in [0.15, 0.2) is 16.7 Å². The van der Waals surface area contributed by atoms with E-state index in [2.05, 4.69) is 14.8 Å². The van der Waals surface area contributed by atoms with Gasteiger partial charge in [0.05, 0.1) is 23.1 Å². The number of hydrogen-bond acceptors (Lipinski definition) is 6. The van der Waals surface area contributed by atoms with Crippen LogP contribution in [0.25, 0.3) is 6.08 Å². The number of amides is 1. The highest BCUT2D eigenvalue weighted by molar-refractivity contribution is 8.18. The minimum atomic E-state index is -5.00. The first-order chi connectivity index (χ1) is 20.4. The molecule has 3 aliphatic heterocycles. The Balaban J connectivity index is 1.23.